The Labute approximate surface area is 137 Å². The van der Waals surface area contributed by atoms with Crippen LogP contribution in [0.5, 0.6) is 11.5 Å². The molecule has 0 N–H and O–H groups in total. The van der Waals surface area contributed by atoms with Crippen LogP contribution in [0.25, 0.3) is 0 Å². The van der Waals surface area contributed by atoms with Gasteiger partial charge in [0.25, 0.3) is 0 Å². The highest BCUT2D eigenvalue weighted by Gasteiger charge is 2.16. The van der Waals surface area contributed by atoms with Crippen molar-refractivity contribution < 1.29 is 19.3 Å². The number of hydrogen-bond donors (Lipinski definition) is 0. The van der Waals surface area contributed by atoms with Gasteiger partial charge in [0, 0.05) is 12.1 Å². The van der Waals surface area contributed by atoms with Crippen LogP contribution >= 0.6 is 0 Å². The van der Waals surface area contributed by atoms with Crippen molar-refractivity contribution in [1.29, 1.82) is 0 Å². The van der Waals surface area contributed by atoms with Gasteiger partial charge in [0.15, 0.2) is 11.5 Å². The third-order valence-corrected chi connectivity index (χ3v) is 3.22. The summed E-state index contributed by atoms with van der Waals surface area (Å²) in [4.78, 5) is 20.9. The second-order valence-corrected chi connectivity index (χ2v) is 5.15. The van der Waals surface area contributed by atoms with Crippen LogP contribution in [0.4, 0.5) is 11.4 Å². The zero-order chi connectivity index (χ0) is 17.7. The van der Waals surface area contributed by atoms with Crippen molar-refractivity contribution in [1.82, 2.24) is 0 Å². The summed E-state index contributed by atoms with van der Waals surface area (Å²) in [5.41, 5.74) is 1.38. The molecule has 0 fully saturated rings. The van der Waals surface area contributed by atoms with Crippen molar-refractivity contribution in [3.63, 3.8) is 0 Å². The van der Waals surface area contributed by atoms with E-state index in [1.165, 1.54) is 12.1 Å². The van der Waals surface area contributed by atoms with Gasteiger partial charge in [0.1, 0.15) is 13.2 Å². The lowest BCUT2D eigenvalue weighted by atomic mass is 10.2. The maximum atomic E-state index is 11.0. The number of ether oxygens (including phenoxy) is 2. The van der Waals surface area contributed by atoms with Crippen LogP contribution in [0.15, 0.2) is 36.4 Å². The quantitative estimate of drug-likeness (QED) is 0.436. The van der Waals surface area contributed by atoms with Gasteiger partial charge in [0.2, 0.25) is 0 Å². The standard InChI is InChI=1S/C16H16N2O6/c1-11-3-5-13(17(19)20)15(9-11)23-7-8-24-16-10-12(2)4-6-14(16)18(21)22/h3-6,9-10H,7-8H2,1-2H3. The largest absolute Gasteiger partial charge is 0.483 e. The Hall–Kier alpha value is -3.16. The fraction of sp³-hybridized carbons (Fsp3) is 0.250. The Kier molecular flexibility index (Phi) is 5.31. The lowest BCUT2D eigenvalue weighted by Crippen LogP contribution is -2.11. The highest BCUT2D eigenvalue weighted by molar-refractivity contribution is 5.49. The Balaban J connectivity index is 2.02. The summed E-state index contributed by atoms with van der Waals surface area (Å²) >= 11 is 0. The van der Waals surface area contributed by atoms with Crippen LogP contribution < -0.4 is 9.47 Å². The number of nitro groups is 2. The van der Waals surface area contributed by atoms with Gasteiger partial charge < -0.3 is 9.47 Å². The summed E-state index contributed by atoms with van der Waals surface area (Å²) in [6.07, 6.45) is 0. The third kappa shape index (κ3) is 4.19. The van der Waals surface area contributed by atoms with Crippen molar-refractivity contribution in [2.24, 2.45) is 0 Å². The highest BCUT2D eigenvalue weighted by atomic mass is 16.6. The topological polar surface area (TPSA) is 105 Å². The molecule has 8 nitrogen and oxygen atoms in total. The van der Waals surface area contributed by atoms with E-state index in [0.29, 0.717) is 0 Å². The molecular weight excluding hydrogens is 316 g/mol. The number of hydrogen-bond acceptors (Lipinski definition) is 6. The lowest BCUT2D eigenvalue weighted by Gasteiger charge is -2.10. The number of rotatable bonds is 7. The van der Waals surface area contributed by atoms with E-state index in [-0.39, 0.29) is 36.1 Å². The van der Waals surface area contributed by atoms with Crippen LogP contribution in [0.1, 0.15) is 11.1 Å². The summed E-state index contributed by atoms with van der Waals surface area (Å²) in [6.45, 7) is 3.64. The minimum Gasteiger partial charge on any atom is -0.483 e. The normalized spacial score (nSPS) is 10.2. The molecule has 0 aliphatic rings. The van der Waals surface area contributed by atoms with E-state index < -0.39 is 9.85 Å². The van der Waals surface area contributed by atoms with Crippen molar-refractivity contribution in [2.45, 2.75) is 13.8 Å². The average Bonchev–Trinajstić information content (AvgIpc) is 2.51. The van der Waals surface area contributed by atoms with Crippen molar-refractivity contribution in [2.75, 3.05) is 13.2 Å². The molecule has 126 valence electrons. The summed E-state index contributed by atoms with van der Waals surface area (Å²) < 4.78 is 10.8. The summed E-state index contributed by atoms with van der Waals surface area (Å²) in [5.74, 6) is 0.282. The molecule has 24 heavy (non-hydrogen) atoms. The Bertz CT molecular complexity index is 710. The van der Waals surface area contributed by atoms with Crippen molar-refractivity contribution in [3.8, 4) is 11.5 Å². The molecule has 0 aliphatic heterocycles. The van der Waals surface area contributed by atoms with Gasteiger partial charge in [-0.2, -0.15) is 0 Å². The molecule has 0 aromatic heterocycles. The second-order valence-electron chi connectivity index (χ2n) is 5.15. The van der Waals surface area contributed by atoms with Gasteiger partial charge in [-0.05, 0) is 37.1 Å². The first kappa shape index (κ1) is 17.2. The SMILES string of the molecule is Cc1ccc([N+](=O)[O-])c(OCCOc2cc(C)ccc2[N+](=O)[O-])c1. The smallest absolute Gasteiger partial charge is 0.310 e. The molecule has 0 saturated carbocycles. The fourth-order valence-corrected chi connectivity index (χ4v) is 2.08. The molecule has 0 unspecified atom stereocenters. The number of aryl methyl sites for hydroxylation is 2. The molecule has 0 amide bonds. The third-order valence-electron chi connectivity index (χ3n) is 3.22. The van der Waals surface area contributed by atoms with Crippen LogP contribution in [0.2, 0.25) is 0 Å². The van der Waals surface area contributed by atoms with E-state index in [2.05, 4.69) is 0 Å². The monoisotopic (exact) mass is 332 g/mol. The van der Waals surface area contributed by atoms with Crippen LogP contribution in [0.3, 0.4) is 0 Å². The molecule has 2 rings (SSSR count). The molecule has 0 bridgehead atoms. The Morgan fingerprint density at radius 3 is 1.50 bits per heavy atom. The Morgan fingerprint density at radius 1 is 0.792 bits per heavy atom. The second kappa shape index (κ2) is 7.40. The maximum Gasteiger partial charge on any atom is 0.310 e. The first-order chi connectivity index (χ1) is 11.4. The molecule has 0 heterocycles. The lowest BCUT2D eigenvalue weighted by molar-refractivity contribution is -0.386. The van der Waals surface area contributed by atoms with Crippen LogP contribution in [0, 0.1) is 34.1 Å². The first-order valence-corrected chi connectivity index (χ1v) is 7.14. The van der Waals surface area contributed by atoms with Crippen molar-refractivity contribution in [3.05, 3.63) is 67.8 Å². The zero-order valence-corrected chi connectivity index (χ0v) is 13.2. The first-order valence-electron chi connectivity index (χ1n) is 7.14. The van der Waals surface area contributed by atoms with E-state index in [1.807, 2.05) is 0 Å². The minimum atomic E-state index is -0.527. The number of nitro benzene ring substituents is 2. The van der Waals surface area contributed by atoms with Gasteiger partial charge in [-0.3, -0.25) is 20.2 Å². The van der Waals surface area contributed by atoms with E-state index in [9.17, 15) is 20.2 Å². The zero-order valence-electron chi connectivity index (χ0n) is 13.2. The van der Waals surface area contributed by atoms with E-state index in [1.54, 1.807) is 38.1 Å². The molecule has 2 aromatic carbocycles. The fourth-order valence-electron chi connectivity index (χ4n) is 2.08. The summed E-state index contributed by atoms with van der Waals surface area (Å²) in [7, 11) is 0. The van der Waals surface area contributed by atoms with Gasteiger partial charge in [0.05, 0.1) is 9.85 Å². The molecule has 8 heteroatoms. The van der Waals surface area contributed by atoms with Crippen LogP contribution in [-0.2, 0) is 0 Å². The minimum absolute atomic E-state index is 0.0232. The molecular formula is C16H16N2O6. The molecule has 0 atom stereocenters. The molecule has 0 aliphatic carbocycles. The number of benzene rings is 2. The average molecular weight is 332 g/mol. The van der Waals surface area contributed by atoms with Crippen molar-refractivity contribution >= 4 is 11.4 Å². The van der Waals surface area contributed by atoms with E-state index >= 15 is 0 Å². The van der Waals surface area contributed by atoms with E-state index in [4.69, 9.17) is 9.47 Å². The predicted molar refractivity (Wildman–Crippen MR) is 86.7 cm³/mol. The number of nitrogens with zero attached hydrogens (tertiary/aromatic N) is 2. The van der Waals surface area contributed by atoms with Gasteiger partial charge in [-0.15, -0.1) is 0 Å². The molecule has 0 radical (unpaired) electrons. The Morgan fingerprint density at radius 2 is 1.17 bits per heavy atom. The van der Waals surface area contributed by atoms with E-state index in [0.717, 1.165) is 11.1 Å². The van der Waals surface area contributed by atoms with Gasteiger partial charge >= 0.3 is 11.4 Å². The summed E-state index contributed by atoms with van der Waals surface area (Å²) in [6, 6.07) is 9.11. The van der Waals surface area contributed by atoms with Gasteiger partial charge in [-0.25, -0.2) is 0 Å². The predicted octanol–water partition coefficient (Wildman–Crippen LogP) is 3.58. The van der Waals surface area contributed by atoms with Gasteiger partial charge in [-0.1, -0.05) is 12.1 Å². The molecule has 2 aromatic rings. The molecule has 0 spiro atoms. The molecule has 0 saturated heterocycles. The maximum absolute atomic E-state index is 11.0. The highest BCUT2D eigenvalue weighted by Crippen LogP contribution is 2.29. The summed E-state index contributed by atoms with van der Waals surface area (Å²) in [5, 5.41) is 21.9. The van der Waals surface area contributed by atoms with Crippen LogP contribution in [-0.4, -0.2) is 23.1 Å².